The number of benzene rings is 2. The molecule has 0 amide bonds. The molecule has 3 rings (SSSR count). The van der Waals surface area contributed by atoms with E-state index in [1.807, 2.05) is 0 Å². The van der Waals surface area contributed by atoms with Gasteiger partial charge in [-0.05, 0) is 17.7 Å². The molecule has 2 aromatic rings. The molecular weight excluding hydrogens is 377 g/mol. The van der Waals surface area contributed by atoms with Gasteiger partial charge in [-0.1, -0.05) is 24.3 Å². The van der Waals surface area contributed by atoms with Crippen LogP contribution in [0.5, 0.6) is 0 Å². The fourth-order valence-electron chi connectivity index (χ4n) is 2.64. The second-order valence-electron chi connectivity index (χ2n) is 5.29. The van der Waals surface area contributed by atoms with Gasteiger partial charge in [0.1, 0.15) is 6.10 Å². The highest BCUT2D eigenvalue weighted by atomic mass is 32.3. The van der Waals surface area contributed by atoms with Crippen LogP contribution in [-0.4, -0.2) is 31.2 Å². The SMILES string of the molecule is O=[N+]([O-])c1cccc([C@@H](O)C2(F)S(=O)(=O)c3ccccc3S2(=O)=O)c1. The average Bonchev–Trinajstić information content (AvgIpc) is 2.71. The molecule has 25 heavy (non-hydrogen) atoms. The van der Waals surface area contributed by atoms with Crippen molar-refractivity contribution < 1.29 is 31.3 Å². The number of rotatable bonds is 3. The molecule has 2 aromatic carbocycles. The Kier molecular flexibility index (Phi) is 3.71. The summed E-state index contributed by atoms with van der Waals surface area (Å²) in [7, 11) is -10.2. The van der Waals surface area contributed by atoms with Gasteiger partial charge in [-0.3, -0.25) is 10.1 Å². The molecule has 0 saturated heterocycles. The second kappa shape index (κ2) is 5.31. The molecule has 0 radical (unpaired) electrons. The third-order valence-electron chi connectivity index (χ3n) is 3.88. The van der Waals surface area contributed by atoms with Crippen molar-refractivity contribution in [1.82, 2.24) is 0 Å². The molecule has 8 nitrogen and oxygen atoms in total. The summed E-state index contributed by atoms with van der Waals surface area (Å²) in [6, 6.07) is 8.13. The molecule has 1 N–H and O–H groups in total. The van der Waals surface area contributed by atoms with E-state index in [1.165, 1.54) is 12.1 Å². The molecule has 132 valence electrons. The van der Waals surface area contributed by atoms with Gasteiger partial charge in [0, 0.05) is 12.1 Å². The summed E-state index contributed by atoms with van der Waals surface area (Å²) in [5, 5.41) is 21.1. The van der Waals surface area contributed by atoms with Gasteiger partial charge in [0.15, 0.2) is 0 Å². The monoisotopic (exact) mass is 387 g/mol. The Morgan fingerprint density at radius 3 is 2.00 bits per heavy atom. The Labute approximate surface area is 141 Å². The standard InChI is InChI=1S/C14H10FNO7S2/c15-14(13(17)9-4-3-5-10(8-9)16(18)19)24(20,21)11-6-1-2-7-12(11)25(14,22)23/h1-8,13,17H/t13-/m1/s1. The molecule has 0 bridgehead atoms. The molecule has 0 aliphatic carbocycles. The number of non-ortho nitro benzene ring substituents is 1. The van der Waals surface area contributed by atoms with E-state index in [2.05, 4.69) is 0 Å². The zero-order chi connectivity index (χ0) is 18.6. The molecule has 0 fully saturated rings. The molecule has 0 saturated carbocycles. The minimum atomic E-state index is -5.11. The van der Waals surface area contributed by atoms with Crippen molar-refractivity contribution >= 4 is 25.4 Å². The number of nitro groups is 1. The van der Waals surface area contributed by atoms with Crippen LogP contribution in [-0.2, 0) is 19.7 Å². The van der Waals surface area contributed by atoms with E-state index >= 15 is 4.39 Å². The fourth-order valence-corrected chi connectivity index (χ4v) is 7.63. The number of aliphatic hydroxyl groups is 1. The zero-order valence-electron chi connectivity index (χ0n) is 12.2. The molecule has 1 aliphatic rings. The van der Waals surface area contributed by atoms with E-state index in [0.717, 1.165) is 36.4 Å². The molecule has 1 aliphatic heterocycles. The fraction of sp³-hybridized carbons (Fsp3) is 0.143. The molecule has 0 aromatic heterocycles. The van der Waals surface area contributed by atoms with Crippen LogP contribution in [0.4, 0.5) is 10.1 Å². The Hall–Kier alpha value is -2.37. The largest absolute Gasteiger partial charge is 0.383 e. The van der Waals surface area contributed by atoms with E-state index in [4.69, 9.17) is 0 Å². The Morgan fingerprint density at radius 2 is 1.52 bits per heavy atom. The first-order chi connectivity index (χ1) is 11.5. The normalized spacial score (nSPS) is 20.6. The van der Waals surface area contributed by atoms with E-state index in [0.29, 0.717) is 0 Å². The molecular formula is C14H10FNO7S2. The Bertz CT molecular complexity index is 1040. The highest BCUT2D eigenvalue weighted by Crippen LogP contribution is 2.52. The lowest BCUT2D eigenvalue weighted by Crippen LogP contribution is -2.42. The number of fused-ring (bicyclic) bond motifs is 1. The van der Waals surface area contributed by atoms with Gasteiger partial charge in [-0.25, -0.2) is 21.2 Å². The van der Waals surface area contributed by atoms with Gasteiger partial charge in [0.25, 0.3) is 5.69 Å². The van der Waals surface area contributed by atoms with Crippen molar-refractivity contribution in [1.29, 1.82) is 0 Å². The first-order valence-corrected chi connectivity index (χ1v) is 9.71. The van der Waals surface area contributed by atoms with Gasteiger partial charge in [-0.2, -0.15) is 0 Å². The van der Waals surface area contributed by atoms with Crippen LogP contribution >= 0.6 is 0 Å². The lowest BCUT2D eigenvalue weighted by Gasteiger charge is -2.24. The summed E-state index contributed by atoms with van der Waals surface area (Å²) in [5.41, 5.74) is -1.10. The topological polar surface area (TPSA) is 132 Å². The van der Waals surface area contributed by atoms with Crippen molar-refractivity contribution in [3.05, 3.63) is 64.2 Å². The maximum atomic E-state index is 15.5. The third-order valence-corrected chi connectivity index (χ3v) is 9.11. The first kappa shape index (κ1) is 17.5. The Balaban J connectivity index is 2.26. The molecule has 1 atom stereocenters. The summed E-state index contributed by atoms with van der Waals surface area (Å²) in [4.78, 5) is 8.44. The predicted molar refractivity (Wildman–Crippen MR) is 82.7 cm³/mol. The molecule has 11 heteroatoms. The lowest BCUT2D eigenvalue weighted by atomic mass is 10.1. The highest BCUT2D eigenvalue weighted by molar-refractivity contribution is 8.12. The Morgan fingerprint density at radius 1 is 1.00 bits per heavy atom. The predicted octanol–water partition coefficient (Wildman–Crippen LogP) is 1.51. The highest BCUT2D eigenvalue weighted by Gasteiger charge is 2.68. The van der Waals surface area contributed by atoms with Crippen LogP contribution in [0.2, 0.25) is 0 Å². The smallest absolute Gasteiger partial charge is 0.346 e. The van der Waals surface area contributed by atoms with Crippen molar-refractivity contribution in [3.8, 4) is 0 Å². The van der Waals surface area contributed by atoms with E-state index in [-0.39, 0.29) is 0 Å². The van der Waals surface area contributed by atoms with Crippen LogP contribution in [0, 0.1) is 10.1 Å². The summed E-state index contributed by atoms with van der Waals surface area (Å²) in [5.74, 6) is 0. The maximum absolute atomic E-state index is 15.5. The van der Waals surface area contributed by atoms with Gasteiger partial charge < -0.3 is 5.11 Å². The quantitative estimate of drug-likeness (QED) is 0.624. The molecule has 1 heterocycles. The molecule has 0 unspecified atom stereocenters. The van der Waals surface area contributed by atoms with Gasteiger partial charge in [-0.15, -0.1) is 0 Å². The van der Waals surface area contributed by atoms with Gasteiger partial charge in [0.2, 0.25) is 19.7 Å². The lowest BCUT2D eigenvalue weighted by molar-refractivity contribution is -0.385. The summed E-state index contributed by atoms with van der Waals surface area (Å²) >= 11 is 0. The minimum Gasteiger partial charge on any atom is -0.383 e. The summed E-state index contributed by atoms with van der Waals surface area (Å²) in [6.07, 6.45) is -2.67. The summed E-state index contributed by atoms with van der Waals surface area (Å²) < 4.78 is 61.4. The van der Waals surface area contributed by atoms with Gasteiger partial charge in [0.05, 0.1) is 14.7 Å². The summed E-state index contributed by atoms with van der Waals surface area (Å²) in [6.45, 7) is 0. The average molecular weight is 387 g/mol. The van der Waals surface area contributed by atoms with Crippen LogP contribution in [0.25, 0.3) is 0 Å². The van der Waals surface area contributed by atoms with Crippen molar-refractivity contribution in [3.63, 3.8) is 0 Å². The zero-order valence-corrected chi connectivity index (χ0v) is 13.9. The van der Waals surface area contributed by atoms with E-state index in [9.17, 15) is 32.1 Å². The number of halogens is 1. The number of nitro benzene ring substituents is 1. The first-order valence-electron chi connectivity index (χ1n) is 6.75. The van der Waals surface area contributed by atoms with Crippen molar-refractivity contribution in [2.24, 2.45) is 0 Å². The number of hydrogen-bond acceptors (Lipinski definition) is 7. The number of alkyl halides is 1. The van der Waals surface area contributed by atoms with Crippen LogP contribution in [0.3, 0.4) is 0 Å². The van der Waals surface area contributed by atoms with E-state index in [1.54, 1.807) is 0 Å². The maximum Gasteiger partial charge on any atom is 0.346 e. The minimum absolute atomic E-state index is 0.545. The third kappa shape index (κ3) is 2.12. The van der Waals surface area contributed by atoms with E-state index < -0.39 is 56.1 Å². The van der Waals surface area contributed by atoms with Crippen LogP contribution in [0.15, 0.2) is 58.3 Å². The van der Waals surface area contributed by atoms with Crippen LogP contribution in [0.1, 0.15) is 11.7 Å². The number of hydrogen-bond donors (Lipinski definition) is 1. The molecule has 0 spiro atoms. The number of nitrogens with zero attached hydrogens (tertiary/aromatic N) is 1. The van der Waals surface area contributed by atoms with Crippen molar-refractivity contribution in [2.75, 3.05) is 0 Å². The van der Waals surface area contributed by atoms with Crippen LogP contribution < -0.4 is 0 Å². The van der Waals surface area contributed by atoms with Crippen molar-refractivity contribution in [2.45, 2.75) is 20.2 Å². The second-order valence-corrected chi connectivity index (χ2v) is 9.63. The number of sulfone groups is 2. The van der Waals surface area contributed by atoms with Gasteiger partial charge >= 0.3 is 4.33 Å². The number of aliphatic hydroxyl groups excluding tert-OH is 1.